The van der Waals surface area contributed by atoms with Crippen molar-refractivity contribution in [3.63, 3.8) is 0 Å². The van der Waals surface area contributed by atoms with Crippen molar-refractivity contribution < 1.29 is 13.2 Å². The molecule has 1 aliphatic carbocycles. The fraction of sp³-hybridized carbons (Fsp3) is 0.667. The third kappa shape index (κ3) is 5.79. The van der Waals surface area contributed by atoms with Gasteiger partial charge in [-0.05, 0) is 58.4 Å². The topological polar surface area (TPSA) is 57.7 Å². The molecule has 27 heavy (non-hydrogen) atoms. The number of hydrogen-bond acceptors (Lipinski definition) is 4. The van der Waals surface area contributed by atoms with Crippen molar-refractivity contribution in [3.8, 4) is 0 Å². The highest BCUT2D eigenvalue weighted by Gasteiger charge is 2.28. The van der Waals surface area contributed by atoms with E-state index >= 15 is 0 Å². The number of carbonyl (C=O) groups is 1. The van der Waals surface area contributed by atoms with Gasteiger partial charge in [-0.2, -0.15) is 0 Å². The van der Waals surface area contributed by atoms with Gasteiger partial charge in [-0.3, -0.25) is 9.69 Å². The first kappa shape index (κ1) is 21.9. The lowest BCUT2D eigenvalue weighted by molar-refractivity contribution is -0.137. The van der Waals surface area contributed by atoms with E-state index in [1.165, 1.54) is 25.5 Å². The third-order valence-corrected chi connectivity index (χ3v) is 6.78. The largest absolute Gasteiger partial charge is 0.336 e. The molecule has 1 fully saturated rings. The number of rotatable bonds is 7. The molecule has 0 spiro atoms. The van der Waals surface area contributed by atoms with Crippen LogP contribution in [0.4, 0.5) is 0 Å². The molecule has 0 heterocycles. The van der Waals surface area contributed by atoms with E-state index in [1.807, 2.05) is 31.0 Å². The zero-order chi connectivity index (χ0) is 20.2. The lowest BCUT2D eigenvalue weighted by atomic mass is 9.93. The number of nitrogens with zero attached hydrogens (tertiary/aromatic N) is 2. The van der Waals surface area contributed by atoms with Crippen LogP contribution >= 0.6 is 0 Å². The molecule has 1 aliphatic rings. The van der Waals surface area contributed by atoms with E-state index in [0.29, 0.717) is 17.5 Å². The van der Waals surface area contributed by atoms with Crippen LogP contribution in [0.1, 0.15) is 64.5 Å². The molecule has 1 aromatic rings. The van der Waals surface area contributed by atoms with Crippen LogP contribution in [-0.4, -0.2) is 56.1 Å². The predicted molar refractivity (Wildman–Crippen MR) is 109 cm³/mol. The van der Waals surface area contributed by atoms with E-state index in [2.05, 4.69) is 18.7 Å². The smallest absolute Gasteiger partial charge is 0.237 e. The normalized spacial score (nSPS) is 17.3. The SMILES string of the molecule is CC(C)N(C(=O)CN(C)[C@H](C)c1ccc(S(C)(=O)=O)cc1)C1CCCCC1. The van der Waals surface area contributed by atoms with Crippen LogP contribution in [0.5, 0.6) is 0 Å². The van der Waals surface area contributed by atoms with Crippen LogP contribution in [0.25, 0.3) is 0 Å². The Morgan fingerprint density at radius 3 is 2.11 bits per heavy atom. The zero-order valence-corrected chi connectivity index (χ0v) is 18.1. The minimum absolute atomic E-state index is 0.0305. The Balaban J connectivity index is 2.05. The van der Waals surface area contributed by atoms with Crippen LogP contribution < -0.4 is 0 Å². The Hall–Kier alpha value is -1.40. The molecule has 0 radical (unpaired) electrons. The summed E-state index contributed by atoms with van der Waals surface area (Å²) in [5, 5.41) is 0. The standard InChI is InChI=1S/C21H34N2O3S/c1-16(2)23(19-9-7-6-8-10-19)21(24)15-22(4)17(3)18-11-13-20(14-12-18)27(5,25)26/h11-14,16-17,19H,6-10,15H2,1-5H3/t17-/m1/s1. The van der Waals surface area contributed by atoms with Gasteiger partial charge in [0, 0.05) is 24.4 Å². The molecule has 0 aliphatic heterocycles. The second-order valence-electron chi connectivity index (χ2n) is 8.12. The van der Waals surface area contributed by atoms with Crippen LogP contribution in [0.3, 0.4) is 0 Å². The summed E-state index contributed by atoms with van der Waals surface area (Å²) in [5.41, 5.74) is 1.01. The number of likely N-dealkylation sites (N-methyl/N-ethyl adjacent to an activating group) is 1. The van der Waals surface area contributed by atoms with Gasteiger partial charge in [0.25, 0.3) is 0 Å². The molecule has 152 valence electrons. The molecule has 1 aromatic carbocycles. The molecule has 1 amide bonds. The van der Waals surface area contributed by atoms with Gasteiger partial charge < -0.3 is 4.90 Å². The summed E-state index contributed by atoms with van der Waals surface area (Å²) < 4.78 is 23.2. The van der Waals surface area contributed by atoms with Crippen molar-refractivity contribution in [1.29, 1.82) is 0 Å². The number of amides is 1. The van der Waals surface area contributed by atoms with Crippen molar-refractivity contribution in [2.24, 2.45) is 0 Å². The number of hydrogen-bond donors (Lipinski definition) is 0. The molecule has 5 nitrogen and oxygen atoms in total. The number of carbonyl (C=O) groups excluding carboxylic acids is 1. The van der Waals surface area contributed by atoms with Gasteiger partial charge in [0.2, 0.25) is 5.91 Å². The summed E-state index contributed by atoms with van der Waals surface area (Å²) in [4.78, 5) is 17.5. The zero-order valence-electron chi connectivity index (χ0n) is 17.3. The van der Waals surface area contributed by atoms with E-state index in [0.717, 1.165) is 18.4 Å². The van der Waals surface area contributed by atoms with E-state index in [-0.39, 0.29) is 18.0 Å². The maximum atomic E-state index is 13.0. The summed E-state index contributed by atoms with van der Waals surface area (Å²) in [6.07, 6.45) is 7.12. The predicted octanol–water partition coefficient (Wildman–Crippen LogP) is 3.65. The average molecular weight is 395 g/mol. The van der Waals surface area contributed by atoms with E-state index in [4.69, 9.17) is 0 Å². The molecule has 0 aromatic heterocycles. The Morgan fingerprint density at radius 2 is 1.63 bits per heavy atom. The van der Waals surface area contributed by atoms with Crippen molar-refractivity contribution in [1.82, 2.24) is 9.80 Å². The van der Waals surface area contributed by atoms with Crippen molar-refractivity contribution in [2.75, 3.05) is 19.8 Å². The highest BCUT2D eigenvalue weighted by molar-refractivity contribution is 7.90. The molecule has 1 saturated carbocycles. The van der Waals surface area contributed by atoms with Crippen molar-refractivity contribution in [2.45, 2.75) is 75.9 Å². The number of benzene rings is 1. The number of sulfone groups is 1. The van der Waals surface area contributed by atoms with Crippen molar-refractivity contribution >= 4 is 15.7 Å². The Kier molecular flexibility index (Phi) is 7.46. The van der Waals surface area contributed by atoms with Crippen molar-refractivity contribution in [3.05, 3.63) is 29.8 Å². The van der Waals surface area contributed by atoms with Gasteiger partial charge in [-0.1, -0.05) is 31.4 Å². The molecular weight excluding hydrogens is 360 g/mol. The van der Waals surface area contributed by atoms with Crippen LogP contribution in [0, 0.1) is 0 Å². The average Bonchev–Trinajstić information content (AvgIpc) is 2.61. The highest BCUT2D eigenvalue weighted by atomic mass is 32.2. The summed E-state index contributed by atoms with van der Waals surface area (Å²) in [6, 6.07) is 7.55. The Morgan fingerprint density at radius 1 is 1.07 bits per heavy atom. The minimum atomic E-state index is -3.19. The van der Waals surface area contributed by atoms with E-state index in [9.17, 15) is 13.2 Å². The van der Waals surface area contributed by atoms with Gasteiger partial charge >= 0.3 is 0 Å². The fourth-order valence-corrected chi connectivity index (χ4v) is 4.58. The highest BCUT2D eigenvalue weighted by Crippen LogP contribution is 2.26. The molecule has 2 rings (SSSR count). The van der Waals surface area contributed by atoms with Gasteiger partial charge in [0.05, 0.1) is 11.4 Å². The van der Waals surface area contributed by atoms with E-state index in [1.54, 1.807) is 12.1 Å². The van der Waals surface area contributed by atoms with Crippen LogP contribution in [0.15, 0.2) is 29.2 Å². The second kappa shape index (κ2) is 9.20. The van der Waals surface area contributed by atoms with Crippen LogP contribution in [-0.2, 0) is 14.6 Å². The summed E-state index contributed by atoms with van der Waals surface area (Å²) in [6.45, 7) is 6.60. The Labute approximate surface area is 164 Å². The fourth-order valence-electron chi connectivity index (χ4n) is 3.95. The molecule has 0 saturated heterocycles. The van der Waals surface area contributed by atoms with Crippen LogP contribution in [0.2, 0.25) is 0 Å². The first-order valence-corrected chi connectivity index (χ1v) is 11.8. The van der Waals surface area contributed by atoms with E-state index < -0.39 is 9.84 Å². The summed E-state index contributed by atoms with van der Waals surface area (Å²) >= 11 is 0. The first-order valence-electron chi connectivity index (χ1n) is 9.92. The maximum Gasteiger partial charge on any atom is 0.237 e. The van der Waals surface area contributed by atoms with Gasteiger partial charge in [0.15, 0.2) is 9.84 Å². The summed E-state index contributed by atoms with van der Waals surface area (Å²) in [7, 11) is -1.24. The quantitative estimate of drug-likeness (QED) is 0.708. The lowest BCUT2D eigenvalue weighted by Crippen LogP contribution is -2.49. The Bertz CT molecular complexity index is 722. The molecule has 6 heteroatoms. The molecule has 0 N–H and O–H groups in total. The minimum Gasteiger partial charge on any atom is -0.336 e. The molecular formula is C21H34N2O3S. The van der Waals surface area contributed by atoms with Gasteiger partial charge in [-0.25, -0.2) is 8.42 Å². The van der Waals surface area contributed by atoms with Gasteiger partial charge in [0.1, 0.15) is 0 Å². The maximum absolute atomic E-state index is 13.0. The molecule has 1 atom stereocenters. The summed E-state index contributed by atoms with van der Waals surface area (Å²) in [5.74, 6) is 0.180. The molecule has 0 unspecified atom stereocenters. The second-order valence-corrected chi connectivity index (χ2v) is 10.1. The monoisotopic (exact) mass is 394 g/mol. The third-order valence-electron chi connectivity index (χ3n) is 5.65. The lowest BCUT2D eigenvalue weighted by Gasteiger charge is -2.39. The van der Waals surface area contributed by atoms with Gasteiger partial charge in [-0.15, -0.1) is 0 Å². The molecule has 0 bridgehead atoms. The first-order chi connectivity index (χ1) is 12.6.